The van der Waals surface area contributed by atoms with Crippen molar-refractivity contribution < 1.29 is 28.8 Å². The van der Waals surface area contributed by atoms with Crippen molar-refractivity contribution >= 4 is 5.97 Å². The van der Waals surface area contributed by atoms with E-state index in [-0.39, 0.29) is 18.3 Å². The van der Waals surface area contributed by atoms with Gasteiger partial charge in [0, 0.05) is 19.6 Å². The van der Waals surface area contributed by atoms with Crippen LogP contribution in [0.5, 0.6) is 0 Å². The number of hydrogen-bond donors (Lipinski definition) is 1. The lowest BCUT2D eigenvalue weighted by molar-refractivity contribution is -0.148. The monoisotopic (exact) mass is 512 g/mol. The van der Waals surface area contributed by atoms with Crippen LogP contribution in [0.15, 0.2) is 72.4 Å². The highest BCUT2D eigenvalue weighted by Crippen LogP contribution is 2.26. The Morgan fingerprint density at radius 2 is 1.95 bits per heavy atom. The molecule has 3 rings (SSSR count). The minimum Gasteiger partial charge on any atom is -0.456 e. The lowest BCUT2D eigenvalue weighted by Crippen LogP contribution is -2.31. The van der Waals surface area contributed by atoms with Crippen molar-refractivity contribution in [2.24, 2.45) is 5.92 Å². The van der Waals surface area contributed by atoms with E-state index < -0.39 is 24.3 Å². The first-order valence-corrected chi connectivity index (χ1v) is 13.5. The van der Waals surface area contributed by atoms with Crippen molar-refractivity contribution in [1.29, 1.82) is 0 Å². The van der Waals surface area contributed by atoms with Crippen molar-refractivity contribution in [3.05, 3.63) is 72.4 Å². The molecule has 0 aliphatic carbocycles. The Balaban J connectivity index is 1.73. The van der Waals surface area contributed by atoms with Gasteiger partial charge < -0.3 is 24.1 Å². The zero-order valence-electron chi connectivity index (χ0n) is 22.6. The molecule has 0 fully saturated rings. The van der Waals surface area contributed by atoms with E-state index in [0.29, 0.717) is 31.8 Å². The Hall–Kier alpha value is -2.25. The molecule has 0 aromatic heterocycles. The number of rotatable bonds is 4. The van der Waals surface area contributed by atoms with Gasteiger partial charge in [-0.2, -0.15) is 0 Å². The standard InChI is InChI=1S/C31H44O6/c1-22-16-17-35-27(20-22)14-15-29(34-4)30-12-5-8-25(32)19-23(2)18-24(3)21-28-11-6-9-26(36-28)10-7-13-31(33)37-30/h5-9,13-16,24-30,32H,2,10-12,17-21H2,1,3-4H3/b8-5-,13-7-,15-14+. The predicted molar refractivity (Wildman–Crippen MR) is 146 cm³/mol. The quantitative estimate of drug-likeness (QED) is 0.393. The van der Waals surface area contributed by atoms with E-state index in [9.17, 15) is 9.90 Å². The van der Waals surface area contributed by atoms with Crippen LogP contribution < -0.4 is 0 Å². The molecule has 1 N–H and O–H groups in total. The number of fused-ring (bicyclic) bond motifs is 2. The molecule has 7 atom stereocenters. The molecule has 37 heavy (non-hydrogen) atoms. The molecule has 0 spiro atoms. The molecule has 0 amide bonds. The van der Waals surface area contributed by atoms with Gasteiger partial charge in [0.2, 0.25) is 0 Å². The summed E-state index contributed by atoms with van der Waals surface area (Å²) >= 11 is 0. The molecule has 3 aliphatic heterocycles. The maximum absolute atomic E-state index is 12.7. The SMILES string of the molecule is C=C1CC(O)/C=C\CC(C(/C=C/C2CC(C)=CCO2)OC)OC(=O)/C=C\CC2C=CCC(CC(C)C1)O2. The van der Waals surface area contributed by atoms with E-state index >= 15 is 0 Å². The highest BCUT2D eigenvalue weighted by atomic mass is 16.6. The lowest BCUT2D eigenvalue weighted by Gasteiger charge is -2.28. The molecule has 3 aliphatic rings. The van der Waals surface area contributed by atoms with Crippen molar-refractivity contribution in [3.8, 4) is 0 Å². The molecular weight excluding hydrogens is 468 g/mol. The van der Waals surface area contributed by atoms with Crippen LogP contribution in [0.2, 0.25) is 0 Å². The van der Waals surface area contributed by atoms with E-state index in [0.717, 1.165) is 31.3 Å². The topological polar surface area (TPSA) is 74.2 Å². The summed E-state index contributed by atoms with van der Waals surface area (Å²) in [5, 5.41) is 10.6. The first-order valence-electron chi connectivity index (χ1n) is 13.5. The summed E-state index contributed by atoms with van der Waals surface area (Å²) in [6, 6.07) is 0. The van der Waals surface area contributed by atoms with Crippen LogP contribution in [0, 0.1) is 5.92 Å². The molecule has 3 heterocycles. The van der Waals surface area contributed by atoms with E-state index in [1.165, 1.54) is 11.6 Å². The Labute approximate surface area is 222 Å². The van der Waals surface area contributed by atoms with Gasteiger partial charge in [-0.05, 0) is 51.4 Å². The normalized spacial score (nSPS) is 35.2. The van der Waals surface area contributed by atoms with Crippen molar-refractivity contribution in [2.75, 3.05) is 13.7 Å². The number of hydrogen-bond acceptors (Lipinski definition) is 6. The van der Waals surface area contributed by atoms with Crippen molar-refractivity contribution in [3.63, 3.8) is 0 Å². The average Bonchev–Trinajstić information content (AvgIpc) is 2.83. The fraction of sp³-hybridized carbons (Fsp3) is 0.581. The van der Waals surface area contributed by atoms with Crippen LogP contribution >= 0.6 is 0 Å². The number of aliphatic hydroxyl groups is 1. The number of ether oxygens (including phenoxy) is 4. The van der Waals surface area contributed by atoms with Gasteiger partial charge in [0.25, 0.3) is 0 Å². The van der Waals surface area contributed by atoms with E-state index in [1.807, 2.05) is 24.3 Å². The third kappa shape index (κ3) is 10.6. The van der Waals surface area contributed by atoms with Gasteiger partial charge in [-0.1, -0.05) is 73.3 Å². The molecule has 0 saturated heterocycles. The van der Waals surface area contributed by atoms with Crippen LogP contribution in [0.25, 0.3) is 0 Å². The van der Waals surface area contributed by atoms with Gasteiger partial charge in [0.1, 0.15) is 12.2 Å². The van der Waals surface area contributed by atoms with Gasteiger partial charge in [-0.25, -0.2) is 4.79 Å². The van der Waals surface area contributed by atoms with Gasteiger partial charge >= 0.3 is 5.97 Å². The van der Waals surface area contributed by atoms with E-state index in [2.05, 4.69) is 38.7 Å². The largest absolute Gasteiger partial charge is 0.456 e. The van der Waals surface area contributed by atoms with Crippen LogP contribution in [0.1, 0.15) is 58.8 Å². The molecule has 0 aromatic carbocycles. The number of cyclic esters (lactones) is 1. The number of aliphatic hydroxyl groups excluding tert-OH is 1. The number of carbonyl (C=O) groups excluding carboxylic acids is 1. The summed E-state index contributed by atoms with van der Waals surface area (Å²) in [7, 11) is 1.60. The predicted octanol–water partition coefficient (Wildman–Crippen LogP) is 5.55. The van der Waals surface area contributed by atoms with Gasteiger partial charge in [-0.15, -0.1) is 0 Å². The lowest BCUT2D eigenvalue weighted by atomic mass is 9.91. The third-order valence-corrected chi connectivity index (χ3v) is 6.95. The Bertz CT molecular complexity index is 897. The summed E-state index contributed by atoms with van der Waals surface area (Å²) in [5.74, 6) is -0.0159. The molecule has 2 bridgehead atoms. The summed E-state index contributed by atoms with van der Waals surface area (Å²) in [4.78, 5) is 12.7. The Morgan fingerprint density at radius 3 is 2.73 bits per heavy atom. The minimum atomic E-state index is -0.644. The molecule has 0 saturated carbocycles. The fourth-order valence-corrected chi connectivity index (χ4v) is 5.08. The molecular formula is C31H44O6. The second kappa shape index (κ2) is 15.2. The maximum Gasteiger partial charge on any atom is 0.330 e. The van der Waals surface area contributed by atoms with Crippen LogP contribution in [-0.4, -0.2) is 61.4 Å². The zero-order chi connectivity index (χ0) is 26.6. The summed E-state index contributed by atoms with van der Waals surface area (Å²) < 4.78 is 23.6. The summed E-state index contributed by atoms with van der Waals surface area (Å²) in [5.41, 5.74) is 2.31. The van der Waals surface area contributed by atoms with Crippen LogP contribution in [0.3, 0.4) is 0 Å². The highest BCUT2D eigenvalue weighted by Gasteiger charge is 2.24. The number of carbonyl (C=O) groups is 1. The molecule has 204 valence electrons. The highest BCUT2D eigenvalue weighted by molar-refractivity contribution is 5.82. The van der Waals surface area contributed by atoms with E-state index in [4.69, 9.17) is 18.9 Å². The first-order chi connectivity index (χ1) is 17.8. The smallest absolute Gasteiger partial charge is 0.330 e. The van der Waals surface area contributed by atoms with Gasteiger partial charge in [-0.3, -0.25) is 0 Å². The summed E-state index contributed by atoms with van der Waals surface area (Å²) in [6.45, 7) is 9.08. The van der Waals surface area contributed by atoms with E-state index in [1.54, 1.807) is 13.2 Å². The van der Waals surface area contributed by atoms with Gasteiger partial charge in [0.15, 0.2) is 0 Å². The Kier molecular flexibility index (Phi) is 12.1. The fourth-order valence-electron chi connectivity index (χ4n) is 5.08. The van der Waals surface area contributed by atoms with Crippen LogP contribution in [-0.2, 0) is 23.7 Å². The molecule has 7 unspecified atom stereocenters. The maximum atomic E-state index is 12.7. The van der Waals surface area contributed by atoms with Crippen molar-refractivity contribution in [1.82, 2.24) is 0 Å². The average molecular weight is 513 g/mol. The van der Waals surface area contributed by atoms with Gasteiger partial charge in [0.05, 0.1) is 31.0 Å². The number of methoxy groups -OCH3 is 1. The molecule has 0 aromatic rings. The molecule has 6 nitrogen and oxygen atoms in total. The Morgan fingerprint density at radius 1 is 1.14 bits per heavy atom. The second-order valence-corrected chi connectivity index (χ2v) is 10.5. The minimum absolute atomic E-state index is 0.0319. The first kappa shape index (κ1) is 29.3. The van der Waals surface area contributed by atoms with Crippen molar-refractivity contribution in [2.45, 2.75) is 95.4 Å². The van der Waals surface area contributed by atoms with Crippen LogP contribution in [0.4, 0.5) is 0 Å². The summed E-state index contributed by atoms with van der Waals surface area (Å²) in [6.07, 6.45) is 20.5. The zero-order valence-corrected chi connectivity index (χ0v) is 22.6. The molecule has 0 radical (unpaired) electrons. The molecule has 6 heteroatoms. The third-order valence-electron chi connectivity index (χ3n) is 6.95. The number of esters is 1. The second-order valence-electron chi connectivity index (χ2n) is 10.5.